The number of unbranched alkanes of at least 4 members (excludes halogenated alkanes) is 33. The smallest absolute Gasteiger partial charge is 0.550 e. The van der Waals surface area contributed by atoms with E-state index < -0.39 is 11.9 Å². The molecule has 0 aromatic heterocycles. The van der Waals surface area contributed by atoms with E-state index >= 15 is 0 Å². The summed E-state index contributed by atoms with van der Waals surface area (Å²) in [4.78, 5) is 20.7. The minimum Gasteiger partial charge on any atom is -0.550 e. The van der Waals surface area contributed by atoms with E-state index in [1.54, 1.807) is 0 Å². The largest absolute Gasteiger partial charge is 2.00 e. The number of hydrogen-bond acceptors (Lipinski definition) is 4. The van der Waals surface area contributed by atoms with E-state index in [1.807, 2.05) is 0 Å². The molecule has 0 heterocycles. The fourth-order valence-corrected chi connectivity index (χ4v) is 6.20. The second-order valence-corrected chi connectivity index (χ2v) is 13.3. The molecular formula is C38H72CaO4. The predicted molar refractivity (Wildman–Crippen MR) is 182 cm³/mol. The Morgan fingerprint density at radius 2 is 0.326 bits per heavy atom. The van der Waals surface area contributed by atoms with Crippen LogP contribution in [0.5, 0.6) is 0 Å². The molecule has 43 heavy (non-hydrogen) atoms. The van der Waals surface area contributed by atoms with E-state index in [9.17, 15) is 19.8 Å². The average molecular weight is 633 g/mol. The standard InChI is InChI=1S/C38H74O4.Ca/c39-37(40)35-33-31-29-27-25-23-21-19-17-15-13-11-9-7-5-3-1-2-4-6-8-10-12-14-16-18-20-22-24-26-28-30-32-34-36-38(41)42;/h1-36H2,(H,39,40)(H,41,42);/q;+2/p-2. The van der Waals surface area contributed by atoms with E-state index in [2.05, 4.69) is 0 Å². The van der Waals surface area contributed by atoms with Crippen LogP contribution in [0.1, 0.15) is 231 Å². The molecule has 0 spiro atoms. The van der Waals surface area contributed by atoms with Gasteiger partial charge in [-0.15, -0.1) is 0 Å². The Labute approximate surface area is 298 Å². The van der Waals surface area contributed by atoms with Crippen LogP contribution in [-0.4, -0.2) is 49.7 Å². The Balaban J connectivity index is 0. The topological polar surface area (TPSA) is 80.3 Å². The van der Waals surface area contributed by atoms with Crippen LogP contribution in [-0.2, 0) is 9.59 Å². The van der Waals surface area contributed by atoms with Gasteiger partial charge in [-0.25, -0.2) is 0 Å². The maximum atomic E-state index is 10.4. The molecule has 0 aromatic rings. The number of aliphatic carboxylic acids is 2. The minimum atomic E-state index is -0.904. The van der Waals surface area contributed by atoms with Gasteiger partial charge in [0.05, 0.1) is 0 Å². The molecule has 0 amide bonds. The normalized spacial score (nSPS) is 11.1. The summed E-state index contributed by atoms with van der Waals surface area (Å²) in [5.41, 5.74) is 0. The molecule has 0 aromatic carbocycles. The van der Waals surface area contributed by atoms with Gasteiger partial charge < -0.3 is 19.8 Å². The number of rotatable bonds is 37. The molecule has 250 valence electrons. The van der Waals surface area contributed by atoms with Gasteiger partial charge in [-0.1, -0.05) is 205 Å². The molecule has 0 radical (unpaired) electrons. The molecular weight excluding hydrogens is 560 g/mol. The van der Waals surface area contributed by atoms with Crippen molar-refractivity contribution in [2.45, 2.75) is 231 Å². The summed E-state index contributed by atoms with van der Waals surface area (Å²) in [5.74, 6) is -1.81. The average Bonchev–Trinajstić information content (AvgIpc) is 2.96. The third-order valence-corrected chi connectivity index (χ3v) is 9.01. The summed E-state index contributed by atoms with van der Waals surface area (Å²) in [6.45, 7) is 0. The van der Waals surface area contributed by atoms with Crippen LogP contribution in [0.2, 0.25) is 0 Å². The molecule has 0 saturated carbocycles. The van der Waals surface area contributed by atoms with Crippen molar-refractivity contribution in [3.63, 3.8) is 0 Å². The first-order chi connectivity index (χ1) is 20.6. The maximum absolute atomic E-state index is 10.4. The van der Waals surface area contributed by atoms with E-state index in [4.69, 9.17) is 0 Å². The second-order valence-electron chi connectivity index (χ2n) is 13.3. The van der Waals surface area contributed by atoms with Crippen molar-refractivity contribution in [1.29, 1.82) is 0 Å². The molecule has 0 aliphatic heterocycles. The van der Waals surface area contributed by atoms with E-state index in [1.165, 1.54) is 193 Å². The Morgan fingerprint density at radius 3 is 0.419 bits per heavy atom. The monoisotopic (exact) mass is 633 g/mol. The Kier molecular flexibility index (Phi) is 42.4. The van der Waals surface area contributed by atoms with Crippen LogP contribution < -0.4 is 10.2 Å². The predicted octanol–water partition coefficient (Wildman–Crippen LogP) is 10.1. The molecule has 0 bridgehead atoms. The van der Waals surface area contributed by atoms with Crippen molar-refractivity contribution in [3.05, 3.63) is 0 Å². The first-order valence-electron chi connectivity index (χ1n) is 19.0. The van der Waals surface area contributed by atoms with Gasteiger partial charge in [0, 0.05) is 11.9 Å². The van der Waals surface area contributed by atoms with Crippen LogP contribution >= 0.6 is 0 Å². The molecule has 0 fully saturated rings. The maximum Gasteiger partial charge on any atom is 2.00 e. The van der Waals surface area contributed by atoms with Gasteiger partial charge in [0.15, 0.2) is 0 Å². The van der Waals surface area contributed by atoms with Crippen molar-refractivity contribution >= 4 is 49.7 Å². The van der Waals surface area contributed by atoms with Crippen molar-refractivity contribution < 1.29 is 19.8 Å². The number of carbonyl (C=O) groups excluding carboxylic acids is 2. The Hall–Kier alpha value is 0.200. The summed E-state index contributed by atoms with van der Waals surface area (Å²) in [5, 5.41) is 20.7. The van der Waals surface area contributed by atoms with Gasteiger partial charge in [0.2, 0.25) is 0 Å². The van der Waals surface area contributed by atoms with Crippen LogP contribution in [0.3, 0.4) is 0 Å². The Bertz CT molecular complexity index is 506. The van der Waals surface area contributed by atoms with Crippen LogP contribution in [0.15, 0.2) is 0 Å². The summed E-state index contributed by atoms with van der Waals surface area (Å²) in [6, 6.07) is 0. The molecule has 0 N–H and O–H groups in total. The van der Waals surface area contributed by atoms with Crippen molar-refractivity contribution in [1.82, 2.24) is 0 Å². The third kappa shape index (κ3) is 44.4. The van der Waals surface area contributed by atoms with Crippen LogP contribution in [0.25, 0.3) is 0 Å². The van der Waals surface area contributed by atoms with Crippen molar-refractivity contribution in [2.75, 3.05) is 0 Å². The molecule has 4 nitrogen and oxygen atoms in total. The third-order valence-electron chi connectivity index (χ3n) is 9.01. The van der Waals surface area contributed by atoms with E-state index in [0.717, 1.165) is 25.7 Å². The van der Waals surface area contributed by atoms with Gasteiger partial charge in [-0.05, 0) is 25.7 Å². The molecule has 0 saturated heterocycles. The summed E-state index contributed by atoms with van der Waals surface area (Å²) >= 11 is 0. The number of hydrogen-bond donors (Lipinski definition) is 0. The van der Waals surface area contributed by atoms with Gasteiger partial charge >= 0.3 is 37.7 Å². The molecule has 0 unspecified atom stereocenters. The van der Waals surface area contributed by atoms with Gasteiger partial charge in [-0.3, -0.25) is 0 Å². The van der Waals surface area contributed by atoms with Gasteiger partial charge in [-0.2, -0.15) is 0 Å². The van der Waals surface area contributed by atoms with E-state index in [0.29, 0.717) is 0 Å². The van der Waals surface area contributed by atoms with Crippen LogP contribution in [0.4, 0.5) is 0 Å². The summed E-state index contributed by atoms with van der Waals surface area (Å²) in [6.07, 6.45) is 45.7. The zero-order valence-corrected chi connectivity index (χ0v) is 31.0. The fraction of sp³-hybridized carbons (Fsp3) is 0.947. The summed E-state index contributed by atoms with van der Waals surface area (Å²) < 4.78 is 0. The van der Waals surface area contributed by atoms with Crippen molar-refractivity contribution in [2.24, 2.45) is 0 Å². The first-order valence-corrected chi connectivity index (χ1v) is 19.0. The Morgan fingerprint density at radius 1 is 0.233 bits per heavy atom. The van der Waals surface area contributed by atoms with Crippen LogP contribution in [0, 0.1) is 0 Å². The minimum absolute atomic E-state index is 0. The second kappa shape index (κ2) is 40.2. The zero-order chi connectivity index (χ0) is 30.6. The molecule has 0 aliphatic rings. The molecule has 5 heteroatoms. The quantitative estimate of drug-likeness (QED) is 0.0504. The fourth-order valence-electron chi connectivity index (χ4n) is 6.20. The zero-order valence-electron chi connectivity index (χ0n) is 28.8. The number of carboxylic acid groups (broad SMARTS) is 2. The van der Waals surface area contributed by atoms with E-state index in [-0.39, 0.29) is 50.6 Å². The molecule has 0 aliphatic carbocycles. The first kappa shape index (κ1) is 45.3. The molecule has 0 rings (SSSR count). The van der Waals surface area contributed by atoms with Gasteiger partial charge in [0.25, 0.3) is 0 Å². The number of carbonyl (C=O) groups is 2. The number of carboxylic acids is 2. The SMILES string of the molecule is O=C([O-])CCCCCCCCCCCCCCCCCCCCCCCCCCCCCCCCCCCCC(=O)[O-].[Ca+2]. The van der Waals surface area contributed by atoms with Crippen molar-refractivity contribution in [3.8, 4) is 0 Å². The molecule has 0 atom stereocenters. The summed E-state index contributed by atoms with van der Waals surface area (Å²) in [7, 11) is 0. The van der Waals surface area contributed by atoms with Gasteiger partial charge in [0.1, 0.15) is 0 Å².